The number of methoxy groups -OCH3 is 1. The largest absolute Gasteiger partial charge is 0.481 e. The molecular weight excluding hydrogens is 330 g/mol. The predicted octanol–water partition coefficient (Wildman–Crippen LogP) is 4.92. The van der Waals surface area contributed by atoms with Gasteiger partial charge >= 0.3 is 0 Å². The molecule has 116 valence electrons. The molecule has 2 heterocycles. The Hall–Kier alpha value is -2.24. The van der Waals surface area contributed by atoms with Crippen LogP contribution in [0, 0.1) is 0 Å². The molecule has 0 aliphatic carbocycles. The standard InChI is InChI=1S/C17H14ClN3OS/c1-22-16-8-7-12(10-19-16)13-9-15(17(18)20-11-13)21-23-14-5-3-2-4-6-14/h2-11,21H,1H3. The lowest BCUT2D eigenvalue weighted by Gasteiger charge is -2.09. The van der Waals surface area contributed by atoms with E-state index in [1.807, 2.05) is 48.5 Å². The van der Waals surface area contributed by atoms with Gasteiger partial charge in [0, 0.05) is 34.5 Å². The van der Waals surface area contributed by atoms with Crippen molar-refractivity contribution in [3.63, 3.8) is 0 Å². The van der Waals surface area contributed by atoms with Gasteiger partial charge in [-0.1, -0.05) is 29.8 Å². The first-order chi connectivity index (χ1) is 11.3. The molecule has 0 fully saturated rings. The fraction of sp³-hybridized carbons (Fsp3) is 0.0588. The zero-order chi connectivity index (χ0) is 16.1. The van der Waals surface area contributed by atoms with Crippen LogP contribution in [0.15, 0.2) is 65.8 Å². The topological polar surface area (TPSA) is 47.0 Å². The van der Waals surface area contributed by atoms with E-state index in [0.717, 1.165) is 21.7 Å². The van der Waals surface area contributed by atoms with E-state index in [-0.39, 0.29) is 0 Å². The maximum absolute atomic E-state index is 6.18. The molecule has 0 radical (unpaired) electrons. The Labute approximate surface area is 144 Å². The summed E-state index contributed by atoms with van der Waals surface area (Å²) in [4.78, 5) is 9.55. The summed E-state index contributed by atoms with van der Waals surface area (Å²) in [5.74, 6) is 0.577. The third-order valence-corrected chi connectivity index (χ3v) is 4.27. The third kappa shape index (κ3) is 3.94. The average Bonchev–Trinajstić information content (AvgIpc) is 2.62. The number of benzene rings is 1. The van der Waals surface area contributed by atoms with Crippen LogP contribution >= 0.6 is 23.5 Å². The Bertz CT molecular complexity index is 782. The molecule has 0 saturated carbocycles. The molecule has 23 heavy (non-hydrogen) atoms. The quantitative estimate of drug-likeness (QED) is 0.526. The second-order valence-corrected chi connectivity index (χ2v) is 5.91. The van der Waals surface area contributed by atoms with Crippen molar-refractivity contribution in [1.29, 1.82) is 0 Å². The molecule has 1 aromatic carbocycles. The summed E-state index contributed by atoms with van der Waals surface area (Å²) in [6.07, 6.45) is 3.47. The van der Waals surface area contributed by atoms with E-state index in [1.54, 1.807) is 19.5 Å². The fourth-order valence-corrected chi connectivity index (χ4v) is 2.84. The zero-order valence-electron chi connectivity index (χ0n) is 12.4. The number of aromatic nitrogens is 2. The predicted molar refractivity (Wildman–Crippen MR) is 95.0 cm³/mol. The van der Waals surface area contributed by atoms with E-state index >= 15 is 0 Å². The van der Waals surface area contributed by atoms with Gasteiger partial charge in [0.15, 0.2) is 5.15 Å². The van der Waals surface area contributed by atoms with Gasteiger partial charge in [-0.25, -0.2) is 9.97 Å². The molecule has 0 spiro atoms. The van der Waals surface area contributed by atoms with Crippen molar-refractivity contribution in [3.05, 3.63) is 66.1 Å². The summed E-state index contributed by atoms with van der Waals surface area (Å²) in [7, 11) is 1.59. The van der Waals surface area contributed by atoms with Gasteiger partial charge in [0.25, 0.3) is 0 Å². The lowest BCUT2D eigenvalue weighted by atomic mass is 10.1. The Kier molecular flexibility index (Phi) is 5.00. The smallest absolute Gasteiger partial charge is 0.212 e. The van der Waals surface area contributed by atoms with Crippen LogP contribution in [0.2, 0.25) is 5.15 Å². The highest BCUT2D eigenvalue weighted by Crippen LogP contribution is 2.30. The summed E-state index contributed by atoms with van der Waals surface area (Å²) in [5.41, 5.74) is 2.64. The van der Waals surface area contributed by atoms with Crippen molar-refractivity contribution in [2.24, 2.45) is 0 Å². The number of hydrogen-bond donors (Lipinski definition) is 1. The minimum atomic E-state index is 0.429. The first-order valence-corrected chi connectivity index (χ1v) is 8.09. The normalized spacial score (nSPS) is 10.3. The van der Waals surface area contributed by atoms with Crippen molar-refractivity contribution in [2.45, 2.75) is 4.90 Å². The lowest BCUT2D eigenvalue weighted by Crippen LogP contribution is -1.92. The molecular formula is C17H14ClN3OS. The molecule has 0 atom stereocenters. The van der Waals surface area contributed by atoms with Crippen LogP contribution in [0.5, 0.6) is 5.88 Å². The number of halogens is 1. The minimum absolute atomic E-state index is 0.429. The highest BCUT2D eigenvalue weighted by Gasteiger charge is 2.07. The van der Waals surface area contributed by atoms with Crippen molar-refractivity contribution in [2.75, 3.05) is 11.8 Å². The van der Waals surface area contributed by atoms with E-state index < -0.39 is 0 Å². The number of nitrogens with zero attached hydrogens (tertiary/aromatic N) is 2. The molecule has 4 nitrogen and oxygen atoms in total. The van der Waals surface area contributed by atoms with Gasteiger partial charge in [0.1, 0.15) is 0 Å². The van der Waals surface area contributed by atoms with E-state index in [2.05, 4.69) is 14.7 Å². The monoisotopic (exact) mass is 343 g/mol. The summed E-state index contributed by atoms with van der Waals surface area (Å²) in [6, 6.07) is 15.7. The Balaban J connectivity index is 1.80. The van der Waals surface area contributed by atoms with Gasteiger partial charge in [-0.3, -0.25) is 0 Å². The van der Waals surface area contributed by atoms with E-state index in [0.29, 0.717) is 11.0 Å². The van der Waals surface area contributed by atoms with Crippen LogP contribution in [-0.2, 0) is 0 Å². The van der Waals surface area contributed by atoms with Crippen LogP contribution in [0.4, 0.5) is 5.69 Å². The van der Waals surface area contributed by atoms with Crippen LogP contribution < -0.4 is 9.46 Å². The molecule has 0 aliphatic rings. The summed E-state index contributed by atoms with van der Waals surface area (Å²) in [6.45, 7) is 0. The molecule has 2 aromatic heterocycles. The number of anilines is 1. The average molecular weight is 344 g/mol. The molecule has 3 rings (SSSR count). The highest BCUT2D eigenvalue weighted by molar-refractivity contribution is 8.00. The fourth-order valence-electron chi connectivity index (χ4n) is 1.95. The van der Waals surface area contributed by atoms with Crippen molar-refractivity contribution in [3.8, 4) is 17.0 Å². The first kappa shape index (κ1) is 15.6. The molecule has 0 aliphatic heterocycles. The number of hydrogen-bond acceptors (Lipinski definition) is 5. The van der Waals surface area contributed by atoms with Gasteiger partial charge < -0.3 is 9.46 Å². The zero-order valence-corrected chi connectivity index (χ0v) is 13.9. The highest BCUT2D eigenvalue weighted by atomic mass is 35.5. The van der Waals surface area contributed by atoms with Crippen molar-refractivity contribution < 1.29 is 4.74 Å². The third-order valence-electron chi connectivity index (χ3n) is 3.14. The molecule has 6 heteroatoms. The van der Waals surface area contributed by atoms with Crippen LogP contribution in [-0.4, -0.2) is 17.1 Å². The van der Waals surface area contributed by atoms with Crippen molar-refractivity contribution in [1.82, 2.24) is 9.97 Å². The second kappa shape index (κ2) is 7.35. The van der Waals surface area contributed by atoms with Gasteiger partial charge in [0.2, 0.25) is 5.88 Å². The number of rotatable bonds is 5. The first-order valence-electron chi connectivity index (χ1n) is 6.90. The molecule has 0 amide bonds. The van der Waals surface area contributed by atoms with E-state index in [4.69, 9.17) is 16.3 Å². The van der Waals surface area contributed by atoms with Crippen LogP contribution in [0.1, 0.15) is 0 Å². The van der Waals surface area contributed by atoms with Gasteiger partial charge in [-0.15, -0.1) is 0 Å². The maximum Gasteiger partial charge on any atom is 0.212 e. The lowest BCUT2D eigenvalue weighted by molar-refractivity contribution is 0.398. The molecule has 0 bridgehead atoms. The van der Waals surface area contributed by atoms with Crippen molar-refractivity contribution >= 4 is 29.2 Å². The number of pyridine rings is 2. The SMILES string of the molecule is COc1ccc(-c2cnc(Cl)c(NSc3ccccc3)c2)cn1. The van der Waals surface area contributed by atoms with Crippen LogP contribution in [0.3, 0.4) is 0 Å². The Morgan fingerprint density at radius 1 is 1.00 bits per heavy atom. The molecule has 0 unspecified atom stereocenters. The number of ether oxygens (including phenoxy) is 1. The van der Waals surface area contributed by atoms with Gasteiger partial charge in [-0.2, -0.15) is 0 Å². The van der Waals surface area contributed by atoms with Crippen LogP contribution in [0.25, 0.3) is 11.1 Å². The summed E-state index contributed by atoms with van der Waals surface area (Å²) < 4.78 is 8.31. The minimum Gasteiger partial charge on any atom is -0.481 e. The van der Waals surface area contributed by atoms with E-state index in [9.17, 15) is 0 Å². The summed E-state index contributed by atoms with van der Waals surface area (Å²) in [5, 5.41) is 0.429. The Morgan fingerprint density at radius 3 is 2.48 bits per heavy atom. The summed E-state index contributed by atoms with van der Waals surface area (Å²) >= 11 is 7.66. The molecule has 0 saturated heterocycles. The van der Waals surface area contributed by atoms with Gasteiger partial charge in [-0.05, 0) is 36.2 Å². The molecule has 3 aromatic rings. The maximum atomic E-state index is 6.18. The second-order valence-electron chi connectivity index (χ2n) is 4.67. The Morgan fingerprint density at radius 2 is 1.78 bits per heavy atom. The van der Waals surface area contributed by atoms with E-state index in [1.165, 1.54) is 11.9 Å². The van der Waals surface area contributed by atoms with Gasteiger partial charge in [0.05, 0.1) is 12.8 Å². The molecule has 1 N–H and O–H groups in total. The number of nitrogens with one attached hydrogen (secondary N) is 1.